The molecule has 0 amide bonds. The topological polar surface area (TPSA) is 49.7 Å². The van der Waals surface area contributed by atoms with Gasteiger partial charge in [0.2, 0.25) is 0 Å². The minimum absolute atomic E-state index is 0.0149. The molecule has 0 aliphatic rings. The van der Waals surface area contributed by atoms with Gasteiger partial charge in [-0.1, -0.05) is 65.2 Å². The van der Waals surface area contributed by atoms with Crippen molar-refractivity contribution in [2.45, 2.75) is 84.2 Å². The number of hydrogen-bond donors (Lipinski definition) is 2. The van der Waals surface area contributed by atoms with E-state index < -0.39 is 7.32 Å². The van der Waals surface area contributed by atoms with E-state index in [0.29, 0.717) is 0 Å². The Kier molecular flexibility index (Phi) is 12.4. The second kappa shape index (κ2) is 12.4. The second-order valence-corrected chi connectivity index (χ2v) is 4.78. The highest BCUT2D eigenvalue weighted by Gasteiger charge is 2.17. The van der Waals surface area contributed by atoms with Gasteiger partial charge in [0.15, 0.2) is 0 Å². The third-order valence-electron chi connectivity index (χ3n) is 3.07. The zero-order valence-corrected chi connectivity index (χ0v) is 11.5. The van der Waals surface area contributed by atoms with Crippen LogP contribution < -0.4 is 0 Å². The smallest absolute Gasteiger partial charge is 0.402 e. The van der Waals surface area contributed by atoms with Gasteiger partial charge in [0.05, 0.1) is 0 Å². The standard InChI is InChI=1S/C13H29BO3/c1-3-5-7-8-9-10-12-13(11-6-4-2)17-14(15)16/h13,15-16H,3-12H2,1-2H3. The van der Waals surface area contributed by atoms with Crippen molar-refractivity contribution in [3.63, 3.8) is 0 Å². The van der Waals surface area contributed by atoms with E-state index in [2.05, 4.69) is 13.8 Å². The molecule has 0 heterocycles. The number of hydrogen-bond acceptors (Lipinski definition) is 3. The van der Waals surface area contributed by atoms with E-state index in [1.807, 2.05) is 0 Å². The molecule has 0 saturated carbocycles. The molecule has 102 valence electrons. The largest absolute Gasteiger partial charge is 0.634 e. The second-order valence-electron chi connectivity index (χ2n) is 4.78. The van der Waals surface area contributed by atoms with E-state index in [1.165, 1.54) is 32.1 Å². The predicted molar refractivity (Wildman–Crippen MR) is 72.6 cm³/mol. The average Bonchev–Trinajstić information content (AvgIpc) is 2.29. The Morgan fingerprint density at radius 1 is 0.824 bits per heavy atom. The lowest BCUT2D eigenvalue weighted by Crippen LogP contribution is -2.25. The molecule has 0 spiro atoms. The third-order valence-corrected chi connectivity index (χ3v) is 3.07. The molecule has 0 aliphatic carbocycles. The lowest BCUT2D eigenvalue weighted by Gasteiger charge is -2.17. The van der Waals surface area contributed by atoms with Gasteiger partial charge in [0.1, 0.15) is 0 Å². The predicted octanol–water partition coefficient (Wildman–Crippen LogP) is 3.28. The van der Waals surface area contributed by atoms with Gasteiger partial charge >= 0.3 is 7.32 Å². The van der Waals surface area contributed by atoms with Crippen molar-refractivity contribution in [1.82, 2.24) is 0 Å². The maximum atomic E-state index is 8.83. The van der Waals surface area contributed by atoms with Crippen molar-refractivity contribution in [3.8, 4) is 0 Å². The highest BCUT2D eigenvalue weighted by atomic mass is 16.6. The average molecular weight is 244 g/mol. The van der Waals surface area contributed by atoms with E-state index in [4.69, 9.17) is 14.7 Å². The van der Waals surface area contributed by atoms with Crippen LogP contribution >= 0.6 is 0 Å². The van der Waals surface area contributed by atoms with Gasteiger partial charge in [0.25, 0.3) is 0 Å². The highest BCUT2D eigenvalue weighted by Crippen LogP contribution is 2.15. The summed E-state index contributed by atoms with van der Waals surface area (Å²) < 4.78 is 5.09. The Bertz CT molecular complexity index is 154. The van der Waals surface area contributed by atoms with Gasteiger partial charge in [-0.05, 0) is 12.8 Å². The lowest BCUT2D eigenvalue weighted by atomic mass is 10.0. The fourth-order valence-electron chi connectivity index (χ4n) is 2.04. The molecule has 4 heteroatoms. The summed E-state index contributed by atoms with van der Waals surface area (Å²) >= 11 is 0. The summed E-state index contributed by atoms with van der Waals surface area (Å²) in [6, 6.07) is 0. The molecule has 17 heavy (non-hydrogen) atoms. The molecule has 0 rings (SSSR count). The normalized spacial score (nSPS) is 12.7. The van der Waals surface area contributed by atoms with Gasteiger partial charge in [0, 0.05) is 6.10 Å². The molecule has 0 aromatic carbocycles. The maximum Gasteiger partial charge on any atom is 0.634 e. The molecular weight excluding hydrogens is 215 g/mol. The van der Waals surface area contributed by atoms with Crippen LogP contribution in [0.1, 0.15) is 78.1 Å². The minimum Gasteiger partial charge on any atom is -0.402 e. The van der Waals surface area contributed by atoms with E-state index in [9.17, 15) is 0 Å². The summed E-state index contributed by atoms with van der Waals surface area (Å²) in [5, 5.41) is 17.7. The van der Waals surface area contributed by atoms with Crippen LogP contribution in [0.15, 0.2) is 0 Å². The number of unbranched alkanes of at least 4 members (excludes halogenated alkanes) is 6. The molecule has 0 fully saturated rings. The molecule has 2 N–H and O–H groups in total. The quantitative estimate of drug-likeness (QED) is 0.409. The van der Waals surface area contributed by atoms with Crippen LogP contribution in [-0.2, 0) is 4.65 Å². The molecule has 1 unspecified atom stereocenters. The van der Waals surface area contributed by atoms with Crippen LogP contribution in [0, 0.1) is 0 Å². The van der Waals surface area contributed by atoms with E-state index in [1.54, 1.807) is 0 Å². The van der Waals surface area contributed by atoms with Crippen molar-refractivity contribution in [2.75, 3.05) is 0 Å². The van der Waals surface area contributed by atoms with Crippen LogP contribution in [0.2, 0.25) is 0 Å². The SMILES string of the molecule is CCCCCCCCC(CCCC)OB(O)O. The van der Waals surface area contributed by atoms with E-state index >= 15 is 0 Å². The lowest BCUT2D eigenvalue weighted by molar-refractivity contribution is 0.101. The first-order chi connectivity index (χ1) is 8.20. The van der Waals surface area contributed by atoms with Crippen molar-refractivity contribution >= 4 is 7.32 Å². The number of rotatable bonds is 12. The monoisotopic (exact) mass is 244 g/mol. The zero-order valence-electron chi connectivity index (χ0n) is 11.5. The molecule has 0 saturated heterocycles. The molecule has 0 aromatic rings. The maximum absolute atomic E-state index is 8.83. The van der Waals surface area contributed by atoms with Crippen molar-refractivity contribution in [1.29, 1.82) is 0 Å². The van der Waals surface area contributed by atoms with Crippen LogP contribution in [0.25, 0.3) is 0 Å². The zero-order chi connectivity index (χ0) is 12.9. The van der Waals surface area contributed by atoms with Gasteiger partial charge in [-0.2, -0.15) is 0 Å². The third kappa shape index (κ3) is 12.2. The van der Waals surface area contributed by atoms with Crippen LogP contribution in [0.5, 0.6) is 0 Å². The Labute approximate surface area is 107 Å². The van der Waals surface area contributed by atoms with Crippen molar-refractivity contribution < 1.29 is 14.7 Å². The minimum atomic E-state index is -1.61. The Morgan fingerprint density at radius 2 is 1.35 bits per heavy atom. The first-order valence-electron chi connectivity index (χ1n) is 7.22. The molecule has 1 atom stereocenters. The first kappa shape index (κ1) is 16.9. The molecule has 0 bridgehead atoms. The van der Waals surface area contributed by atoms with Gasteiger partial charge in [-0.3, -0.25) is 0 Å². The van der Waals surface area contributed by atoms with Crippen LogP contribution in [-0.4, -0.2) is 23.5 Å². The fourth-order valence-corrected chi connectivity index (χ4v) is 2.04. The van der Waals surface area contributed by atoms with Crippen LogP contribution in [0.3, 0.4) is 0 Å². The van der Waals surface area contributed by atoms with Gasteiger partial charge in [-0.25, -0.2) is 0 Å². The van der Waals surface area contributed by atoms with Crippen molar-refractivity contribution in [3.05, 3.63) is 0 Å². The summed E-state index contributed by atoms with van der Waals surface area (Å²) in [6.45, 7) is 4.36. The highest BCUT2D eigenvalue weighted by molar-refractivity contribution is 6.32. The fraction of sp³-hybridized carbons (Fsp3) is 1.00. The summed E-state index contributed by atoms with van der Waals surface area (Å²) in [5.74, 6) is 0. The van der Waals surface area contributed by atoms with E-state index in [-0.39, 0.29) is 6.10 Å². The van der Waals surface area contributed by atoms with Crippen molar-refractivity contribution in [2.24, 2.45) is 0 Å². The molecule has 0 radical (unpaired) electrons. The molecule has 0 aromatic heterocycles. The molecule has 0 aliphatic heterocycles. The first-order valence-corrected chi connectivity index (χ1v) is 7.22. The summed E-state index contributed by atoms with van der Waals surface area (Å²) in [4.78, 5) is 0. The van der Waals surface area contributed by atoms with Gasteiger partial charge < -0.3 is 14.7 Å². The van der Waals surface area contributed by atoms with Gasteiger partial charge in [-0.15, -0.1) is 0 Å². The molecule has 3 nitrogen and oxygen atoms in total. The van der Waals surface area contributed by atoms with E-state index in [0.717, 1.165) is 32.1 Å². The Morgan fingerprint density at radius 3 is 1.94 bits per heavy atom. The summed E-state index contributed by atoms with van der Waals surface area (Å²) in [7, 11) is -1.61. The van der Waals surface area contributed by atoms with Crippen LogP contribution in [0.4, 0.5) is 0 Å². The molecular formula is C13H29BO3. The Balaban J connectivity index is 3.53. The Hall–Kier alpha value is -0.0551. The summed E-state index contributed by atoms with van der Waals surface area (Å²) in [6.07, 6.45) is 11.7. The summed E-state index contributed by atoms with van der Waals surface area (Å²) in [5.41, 5.74) is 0.